The number of aryl methyl sites for hydroxylation is 1. The van der Waals surface area contributed by atoms with Gasteiger partial charge in [-0.15, -0.1) is 0 Å². The minimum Gasteiger partial charge on any atom is -0.379 e. The van der Waals surface area contributed by atoms with Crippen LogP contribution < -0.4 is 4.18 Å². The van der Waals surface area contributed by atoms with Crippen LogP contribution in [-0.2, 0) is 10.1 Å². The fraction of sp³-hybridized carbons (Fsp3) is 0.133. The first-order valence-electron chi connectivity index (χ1n) is 6.16. The average Bonchev–Trinajstić information content (AvgIpc) is 2.45. The molecule has 2 aromatic rings. The van der Waals surface area contributed by atoms with E-state index in [1.807, 2.05) is 6.07 Å². The van der Waals surface area contributed by atoms with Gasteiger partial charge in [-0.25, -0.2) is 0 Å². The molecule has 22 heavy (non-hydrogen) atoms. The number of benzene rings is 2. The molecule has 0 radical (unpaired) electrons. The molecule has 0 amide bonds. The van der Waals surface area contributed by atoms with Gasteiger partial charge in [0, 0.05) is 5.02 Å². The van der Waals surface area contributed by atoms with E-state index >= 15 is 0 Å². The lowest BCUT2D eigenvalue weighted by molar-refractivity contribution is 0.485. The fourth-order valence-corrected chi connectivity index (χ4v) is 4.00. The highest BCUT2D eigenvalue weighted by Crippen LogP contribution is 2.34. The smallest absolute Gasteiger partial charge is 0.341 e. The third-order valence-corrected chi connectivity index (χ3v) is 5.42. The molecule has 0 fully saturated rings. The first kappa shape index (κ1) is 16.6. The van der Waals surface area contributed by atoms with E-state index in [0.29, 0.717) is 11.1 Å². The lowest BCUT2D eigenvalue weighted by atomic mass is 10.2. The summed E-state index contributed by atoms with van der Waals surface area (Å²) in [4.78, 5) is -0.165. The lowest BCUT2D eigenvalue weighted by Crippen LogP contribution is -2.13. The summed E-state index contributed by atoms with van der Waals surface area (Å²) in [6.45, 7) is 3.21. The van der Waals surface area contributed by atoms with Gasteiger partial charge in [-0.3, -0.25) is 0 Å². The molecule has 0 heterocycles. The Balaban J connectivity index is 2.55. The Bertz CT molecular complexity index is 860. The molecule has 0 aliphatic heterocycles. The van der Waals surface area contributed by atoms with Crippen molar-refractivity contribution in [3.05, 3.63) is 57.1 Å². The predicted octanol–water partition coefficient (Wildman–Crippen LogP) is 4.25. The highest BCUT2D eigenvalue weighted by Gasteiger charge is 2.26. The Labute approximate surface area is 139 Å². The Morgan fingerprint density at radius 3 is 2.50 bits per heavy atom. The van der Waals surface area contributed by atoms with Gasteiger partial charge < -0.3 is 4.18 Å². The van der Waals surface area contributed by atoms with Crippen LogP contribution >= 0.6 is 23.2 Å². The van der Waals surface area contributed by atoms with Gasteiger partial charge in [0.25, 0.3) is 0 Å². The molecule has 2 rings (SSSR count). The molecule has 0 bridgehead atoms. The molecule has 4 nitrogen and oxygen atoms in total. The number of nitrogens with zero attached hydrogens (tertiary/aromatic N) is 1. The van der Waals surface area contributed by atoms with Crippen molar-refractivity contribution >= 4 is 33.3 Å². The Kier molecular flexibility index (Phi) is 4.66. The molecule has 0 spiro atoms. The van der Waals surface area contributed by atoms with Crippen molar-refractivity contribution in [1.82, 2.24) is 0 Å². The van der Waals surface area contributed by atoms with Crippen LogP contribution in [0.2, 0.25) is 10.0 Å². The first-order chi connectivity index (χ1) is 10.3. The molecule has 7 heteroatoms. The summed E-state index contributed by atoms with van der Waals surface area (Å²) in [5.41, 5.74) is 1.14. The number of hydrogen-bond donors (Lipinski definition) is 0. The zero-order valence-corrected chi connectivity index (χ0v) is 14.1. The standard InChI is InChI=1S/C15H11Cl2NO3S/c1-9-6-13(16)10(2)15(14(9)17)22(19,20)21-12-5-3-4-11(7-12)8-18/h3-7H,1-2H3. The summed E-state index contributed by atoms with van der Waals surface area (Å²) < 4.78 is 30.1. The van der Waals surface area contributed by atoms with Gasteiger partial charge in [-0.2, -0.15) is 13.7 Å². The van der Waals surface area contributed by atoms with E-state index in [9.17, 15) is 8.42 Å². The maximum Gasteiger partial charge on any atom is 0.341 e. The van der Waals surface area contributed by atoms with Crippen molar-refractivity contribution < 1.29 is 12.6 Å². The second kappa shape index (κ2) is 6.17. The molecule has 0 unspecified atom stereocenters. The lowest BCUT2D eigenvalue weighted by Gasteiger charge is -2.13. The van der Waals surface area contributed by atoms with Gasteiger partial charge in [-0.05, 0) is 49.2 Å². The molecule has 0 saturated heterocycles. The van der Waals surface area contributed by atoms with Crippen LogP contribution in [0.1, 0.15) is 16.7 Å². The van der Waals surface area contributed by atoms with E-state index in [1.165, 1.54) is 18.2 Å². The topological polar surface area (TPSA) is 67.2 Å². The summed E-state index contributed by atoms with van der Waals surface area (Å²) in [5.74, 6) is 0.0344. The molecule has 2 aromatic carbocycles. The normalized spacial score (nSPS) is 11.0. The van der Waals surface area contributed by atoms with E-state index in [0.717, 1.165) is 0 Å². The zero-order valence-electron chi connectivity index (χ0n) is 11.7. The number of rotatable bonds is 3. The Morgan fingerprint density at radius 2 is 1.86 bits per heavy atom. The molecular formula is C15H11Cl2NO3S. The predicted molar refractivity (Wildman–Crippen MR) is 84.9 cm³/mol. The summed E-state index contributed by atoms with van der Waals surface area (Å²) in [6.07, 6.45) is 0. The van der Waals surface area contributed by atoms with E-state index in [-0.39, 0.29) is 26.3 Å². The maximum atomic E-state index is 12.5. The van der Waals surface area contributed by atoms with Crippen molar-refractivity contribution in [3.63, 3.8) is 0 Å². The van der Waals surface area contributed by atoms with E-state index in [2.05, 4.69) is 0 Å². The Hall–Kier alpha value is -1.74. The van der Waals surface area contributed by atoms with Crippen LogP contribution in [0.3, 0.4) is 0 Å². The van der Waals surface area contributed by atoms with Crippen LogP contribution in [0.5, 0.6) is 5.75 Å². The molecule has 0 N–H and O–H groups in total. The van der Waals surface area contributed by atoms with Crippen LogP contribution in [0.15, 0.2) is 35.2 Å². The summed E-state index contributed by atoms with van der Waals surface area (Å²) in [6, 6.07) is 9.35. The number of nitriles is 1. The van der Waals surface area contributed by atoms with E-state index in [1.54, 1.807) is 26.0 Å². The van der Waals surface area contributed by atoms with Gasteiger partial charge in [0.2, 0.25) is 0 Å². The second-order valence-corrected chi connectivity index (χ2v) is 6.89. The number of hydrogen-bond acceptors (Lipinski definition) is 4. The summed E-state index contributed by atoms with van der Waals surface area (Å²) >= 11 is 12.1. The molecule has 0 aliphatic carbocycles. The highest BCUT2D eigenvalue weighted by molar-refractivity contribution is 7.87. The third-order valence-electron chi connectivity index (χ3n) is 3.01. The summed E-state index contributed by atoms with van der Waals surface area (Å²) in [7, 11) is -4.17. The van der Waals surface area contributed by atoms with Crippen molar-refractivity contribution in [2.24, 2.45) is 0 Å². The summed E-state index contributed by atoms with van der Waals surface area (Å²) in [5, 5.41) is 9.20. The molecule has 0 atom stereocenters. The third kappa shape index (κ3) is 3.20. The van der Waals surface area contributed by atoms with Gasteiger partial charge in [-0.1, -0.05) is 29.3 Å². The van der Waals surface area contributed by atoms with E-state index in [4.69, 9.17) is 32.6 Å². The quantitative estimate of drug-likeness (QED) is 0.771. The van der Waals surface area contributed by atoms with Crippen molar-refractivity contribution in [3.8, 4) is 11.8 Å². The van der Waals surface area contributed by atoms with Gasteiger partial charge in [0.05, 0.1) is 16.7 Å². The van der Waals surface area contributed by atoms with Crippen LogP contribution in [0, 0.1) is 25.2 Å². The highest BCUT2D eigenvalue weighted by atomic mass is 35.5. The molecule has 0 aromatic heterocycles. The average molecular weight is 356 g/mol. The fourth-order valence-electron chi connectivity index (χ4n) is 1.90. The maximum absolute atomic E-state index is 12.5. The minimum atomic E-state index is -4.17. The SMILES string of the molecule is Cc1cc(Cl)c(C)c(S(=O)(=O)Oc2cccc(C#N)c2)c1Cl. The largest absolute Gasteiger partial charge is 0.379 e. The zero-order chi connectivity index (χ0) is 16.5. The van der Waals surface area contributed by atoms with Crippen LogP contribution in [0.25, 0.3) is 0 Å². The van der Waals surface area contributed by atoms with Crippen LogP contribution in [0.4, 0.5) is 0 Å². The van der Waals surface area contributed by atoms with Crippen LogP contribution in [-0.4, -0.2) is 8.42 Å². The molecule has 114 valence electrons. The molecular weight excluding hydrogens is 345 g/mol. The monoisotopic (exact) mass is 355 g/mol. The van der Waals surface area contributed by atoms with Crippen molar-refractivity contribution in [2.45, 2.75) is 18.7 Å². The van der Waals surface area contributed by atoms with Gasteiger partial charge >= 0.3 is 10.1 Å². The van der Waals surface area contributed by atoms with Gasteiger partial charge in [0.15, 0.2) is 0 Å². The Morgan fingerprint density at radius 1 is 1.18 bits per heavy atom. The first-order valence-corrected chi connectivity index (χ1v) is 8.32. The minimum absolute atomic E-state index is 0.0344. The van der Waals surface area contributed by atoms with Crippen molar-refractivity contribution in [2.75, 3.05) is 0 Å². The number of halogens is 2. The second-order valence-electron chi connectivity index (χ2n) is 4.62. The molecule has 0 saturated carbocycles. The molecule has 0 aliphatic rings. The van der Waals surface area contributed by atoms with Gasteiger partial charge in [0.1, 0.15) is 10.6 Å². The van der Waals surface area contributed by atoms with E-state index < -0.39 is 10.1 Å². The van der Waals surface area contributed by atoms with Crippen molar-refractivity contribution in [1.29, 1.82) is 5.26 Å².